The number of rotatable bonds is 9. The zero-order chi connectivity index (χ0) is 26.5. The molecule has 0 radical (unpaired) electrons. The van der Waals surface area contributed by atoms with Gasteiger partial charge in [0.15, 0.2) is 0 Å². The molecule has 0 saturated carbocycles. The van der Waals surface area contributed by atoms with Crippen LogP contribution in [0.3, 0.4) is 0 Å². The fourth-order valence-corrected chi connectivity index (χ4v) is 4.68. The molecule has 0 bridgehead atoms. The summed E-state index contributed by atoms with van der Waals surface area (Å²) in [6, 6.07) is 23.7. The number of amides is 1. The van der Waals surface area contributed by atoms with E-state index < -0.39 is 17.7 Å². The van der Waals surface area contributed by atoms with Crippen molar-refractivity contribution in [3.05, 3.63) is 125 Å². The summed E-state index contributed by atoms with van der Waals surface area (Å²) in [5.41, 5.74) is 3.34. The van der Waals surface area contributed by atoms with E-state index in [1.807, 2.05) is 84.4 Å². The van der Waals surface area contributed by atoms with Crippen molar-refractivity contribution < 1.29 is 19.4 Å². The van der Waals surface area contributed by atoms with Gasteiger partial charge in [0, 0.05) is 31.0 Å². The summed E-state index contributed by atoms with van der Waals surface area (Å²) in [7, 11) is 0. The average molecular weight is 508 g/mol. The van der Waals surface area contributed by atoms with E-state index in [4.69, 9.17) is 4.74 Å². The van der Waals surface area contributed by atoms with Crippen molar-refractivity contribution in [1.82, 2.24) is 14.5 Å². The Morgan fingerprint density at radius 1 is 0.974 bits per heavy atom. The Kier molecular flexibility index (Phi) is 7.35. The second-order valence-corrected chi connectivity index (χ2v) is 9.36. The van der Waals surface area contributed by atoms with Gasteiger partial charge in [-0.05, 0) is 36.6 Å². The predicted octanol–water partition coefficient (Wildman–Crippen LogP) is 5.28. The van der Waals surface area contributed by atoms with Crippen LogP contribution in [0.2, 0.25) is 0 Å². The van der Waals surface area contributed by atoms with Crippen molar-refractivity contribution in [3.8, 4) is 5.75 Å². The van der Waals surface area contributed by atoms with Crippen LogP contribution in [0.15, 0.2) is 103 Å². The highest BCUT2D eigenvalue weighted by Crippen LogP contribution is 2.40. The molecule has 3 aromatic carbocycles. The number of Topliss-reactive ketones (excluding diaryl/α,β-unsaturated/α-hetero) is 1. The number of hydrogen-bond acceptors (Lipinski definition) is 5. The van der Waals surface area contributed by atoms with Crippen LogP contribution in [0.1, 0.15) is 34.7 Å². The minimum absolute atomic E-state index is 0.0849. The number of benzene rings is 3. The Balaban J connectivity index is 1.49. The fourth-order valence-electron chi connectivity index (χ4n) is 4.68. The van der Waals surface area contributed by atoms with Crippen molar-refractivity contribution in [2.45, 2.75) is 32.5 Å². The molecule has 7 heteroatoms. The summed E-state index contributed by atoms with van der Waals surface area (Å²) in [5.74, 6) is -0.872. The quantitative estimate of drug-likeness (QED) is 0.189. The van der Waals surface area contributed by atoms with E-state index in [0.29, 0.717) is 43.0 Å². The van der Waals surface area contributed by atoms with E-state index in [0.717, 1.165) is 11.1 Å². The van der Waals surface area contributed by atoms with Crippen LogP contribution < -0.4 is 4.74 Å². The van der Waals surface area contributed by atoms with Crippen molar-refractivity contribution in [2.24, 2.45) is 0 Å². The highest BCUT2D eigenvalue weighted by Gasteiger charge is 2.45. The van der Waals surface area contributed by atoms with Crippen molar-refractivity contribution in [2.75, 3.05) is 6.54 Å². The minimum Gasteiger partial charge on any atom is -0.507 e. The van der Waals surface area contributed by atoms with Crippen LogP contribution in [0, 0.1) is 6.92 Å². The number of aromatic nitrogens is 2. The number of hydrogen-bond donors (Lipinski definition) is 1. The molecule has 4 aromatic rings. The van der Waals surface area contributed by atoms with Gasteiger partial charge in [-0.15, -0.1) is 0 Å². The topological polar surface area (TPSA) is 84.7 Å². The molecule has 5 rings (SSSR count). The lowest BCUT2D eigenvalue weighted by molar-refractivity contribution is -0.139. The molecule has 1 aliphatic heterocycles. The van der Waals surface area contributed by atoms with Gasteiger partial charge >= 0.3 is 0 Å². The molecular weight excluding hydrogens is 478 g/mol. The van der Waals surface area contributed by atoms with Crippen LogP contribution in [-0.4, -0.2) is 37.8 Å². The summed E-state index contributed by atoms with van der Waals surface area (Å²) >= 11 is 0. The minimum atomic E-state index is -0.737. The Labute approximate surface area is 221 Å². The summed E-state index contributed by atoms with van der Waals surface area (Å²) < 4.78 is 7.95. The maximum Gasteiger partial charge on any atom is 0.295 e. The number of ketones is 1. The van der Waals surface area contributed by atoms with Crippen molar-refractivity contribution in [1.29, 1.82) is 0 Å². The number of likely N-dealkylation sites (tertiary alicyclic amines) is 1. The molecule has 1 amide bonds. The number of ether oxygens (including phenoxy) is 1. The average Bonchev–Trinajstić information content (AvgIpc) is 3.55. The van der Waals surface area contributed by atoms with Crippen LogP contribution in [0.25, 0.3) is 5.76 Å². The van der Waals surface area contributed by atoms with E-state index in [-0.39, 0.29) is 11.3 Å². The summed E-state index contributed by atoms with van der Waals surface area (Å²) in [6.07, 6.45) is 5.90. The fraction of sp³-hybridized carbons (Fsp3) is 0.194. The number of carbonyl (C=O) groups excluding carboxylic acids is 2. The third-order valence-corrected chi connectivity index (χ3v) is 6.66. The van der Waals surface area contributed by atoms with Gasteiger partial charge in [-0.1, -0.05) is 72.3 Å². The zero-order valence-corrected chi connectivity index (χ0v) is 21.2. The molecule has 0 aliphatic carbocycles. The van der Waals surface area contributed by atoms with E-state index in [9.17, 15) is 14.7 Å². The molecule has 1 saturated heterocycles. The van der Waals surface area contributed by atoms with E-state index in [1.165, 1.54) is 0 Å². The normalized spacial score (nSPS) is 16.7. The van der Waals surface area contributed by atoms with E-state index >= 15 is 0 Å². The number of aryl methyl sites for hydroxylation is 2. The Bertz CT molecular complexity index is 1440. The lowest BCUT2D eigenvalue weighted by Crippen LogP contribution is -2.31. The molecule has 1 aromatic heterocycles. The highest BCUT2D eigenvalue weighted by molar-refractivity contribution is 6.46. The van der Waals surface area contributed by atoms with Crippen LogP contribution in [0.5, 0.6) is 5.75 Å². The first-order valence-corrected chi connectivity index (χ1v) is 12.6. The maximum absolute atomic E-state index is 13.3. The molecule has 192 valence electrons. The monoisotopic (exact) mass is 507 g/mol. The van der Waals surface area contributed by atoms with Crippen LogP contribution in [0.4, 0.5) is 0 Å². The smallest absolute Gasteiger partial charge is 0.295 e. The first kappa shape index (κ1) is 25.0. The molecule has 1 atom stereocenters. The number of nitrogens with zero attached hydrogens (tertiary/aromatic N) is 3. The molecule has 38 heavy (non-hydrogen) atoms. The maximum atomic E-state index is 13.3. The number of aliphatic hydroxyl groups excluding tert-OH is 1. The van der Waals surface area contributed by atoms with Gasteiger partial charge in [0.25, 0.3) is 11.7 Å². The third-order valence-electron chi connectivity index (χ3n) is 6.66. The van der Waals surface area contributed by atoms with E-state index in [2.05, 4.69) is 4.98 Å². The summed E-state index contributed by atoms with van der Waals surface area (Å²) in [4.78, 5) is 32.2. The molecule has 1 N–H and O–H groups in total. The molecule has 0 spiro atoms. The van der Waals surface area contributed by atoms with Gasteiger partial charge in [0.1, 0.15) is 18.1 Å². The second kappa shape index (κ2) is 11.2. The van der Waals surface area contributed by atoms with Crippen LogP contribution in [-0.2, 0) is 22.7 Å². The largest absolute Gasteiger partial charge is 0.507 e. The second-order valence-electron chi connectivity index (χ2n) is 9.36. The van der Waals surface area contributed by atoms with Gasteiger partial charge in [0.05, 0.1) is 17.9 Å². The summed E-state index contributed by atoms with van der Waals surface area (Å²) in [6.45, 7) is 3.32. The number of aliphatic hydroxyl groups is 1. The lowest BCUT2D eigenvalue weighted by Gasteiger charge is -2.26. The number of carbonyl (C=O) groups is 2. The molecule has 7 nitrogen and oxygen atoms in total. The van der Waals surface area contributed by atoms with E-state index in [1.54, 1.807) is 29.6 Å². The Hall–Kier alpha value is -4.65. The first-order chi connectivity index (χ1) is 18.5. The zero-order valence-electron chi connectivity index (χ0n) is 21.2. The molecule has 1 unspecified atom stereocenters. The summed E-state index contributed by atoms with van der Waals surface area (Å²) in [5, 5.41) is 11.3. The lowest BCUT2D eigenvalue weighted by atomic mass is 9.95. The van der Waals surface area contributed by atoms with Gasteiger partial charge in [-0.3, -0.25) is 9.59 Å². The predicted molar refractivity (Wildman–Crippen MR) is 144 cm³/mol. The molecular formula is C31H29N3O4. The van der Waals surface area contributed by atoms with Gasteiger partial charge in [0.2, 0.25) is 0 Å². The first-order valence-electron chi connectivity index (χ1n) is 12.6. The Morgan fingerprint density at radius 2 is 1.76 bits per heavy atom. The number of imidazole rings is 1. The molecule has 1 aliphatic rings. The molecule has 1 fully saturated rings. The van der Waals surface area contributed by atoms with Crippen molar-refractivity contribution in [3.63, 3.8) is 0 Å². The standard InChI is InChI=1S/C31H29N3O4/c1-22-11-13-24(14-12-22)29(35)27-28(34(31(37)30(27)36)17-6-16-33-18-15-32-21-33)25-9-5-10-26(19-25)38-20-23-7-3-2-4-8-23/h2-5,7-15,18-19,21,28,35H,6,16-17,20H2,1H3/b29-27+. The van der Waals surface area contributed by atoms with Gasteiger partial charge < -0.3 is 19.3 Å². The third kappa shape index (κ3) is 5.37. The van der Waals surface area contributed by atoms with Crippen molar-refractivity contribution >= 4 is 17.4 Å². The Morgan fingerprint density at radius 3 is 2.50 bits per heavy atom. The highest BCUT2D eigenvalue weighted by atomic mass is 16.5. The van der Waals surface area contributed by atoms with Gasteiger partial charge in [-0.25, -0.2) is 4.98 Å². The van der Waals surface area contributed by atoms with Crippen LogP contribution >= 0.6 is 0 Å². The SMILES string of the molecule is Cc1ccc(/C(O)=C2\C(=O)C(=O)N(CCCn3ccnc3)C2c2cccc(OCc3ccccc3)c2)cc1. The molecule has 2 heterocycles. The van der Waals surface area contributed by atoms with Gasteiger partial charge in [-0.2, -0.15) is 0 Å².